The van der Waals surface area contributed by atoms with Gasteiger partial charge in [-0.25, -0.2) is 0 Å². The van der Waals surface area contributed by atoms with Gasteiger partial charge < -0.3 is 29.2 Å². The van der Waals surface area contributed by atoms with E-state index in [9.17, 15) is 14.7 Å². The molecule has 4 atom stereocenters. The number of aliphatic hydroxyl groups excluding tert-OH is 1. The number of benzene rings is 1. The molecule has 1 aromatic heterocycles. The van der Waals surface area contributed by atoms with E-state index in [-0.39, 0.29) is 36.7 Å². The first-order valence-electron chi connectivity index (χ1n) is 13.4. The Morgan fingerprint density at radius 2 is 1.71 bits per heavy atom. The minimum atomic E-state index is -0.770. The number of aliphatic hydroxyl groups is 1. The number of nitrogens with one attached hydrogen (secondary N) is 1. The van der Waals surface area contributed by atoms with Gasteiger partial charge in [0.1, 0.15) is 17.7 Å². The lowest BCUT2D eigenvalue weighted by atomic mass is 9.78. The molecule has 2 fully saturated rings. The predicted octanol–water partition coefficient (Wildman–Crippen LogP) is 2.86. The molecule has 0 radical (unpaired) electrons. The van der Waals surface area contributed by atoms with Crippen molar-refractivity contribution in [2.24, 2.45) is 5.92 Å². The van der Waals surface area contributed by atoms with Gasteiger partial charge in [0.15, 0.2) is 0 Å². The molecular weight excluding hydrogens is 485 g/mol. The zero-order valence-electron chi connectivity index (χ0n) is 23.6. The Bertz CT molecular complexity index is 1150. The maximum Gasteiger partial charge on any atom is 0.494 e. The molecule has 2 N–H and O–H groups in total. The number of likely N-dealkylation sites (tertiary alicyclic amines) is 1. The second-order valence-corrected chi connectivity index (χ2v) is 12.0. The van der Waals surface area contributed by atoms with Crippen LogP contribution in [0.4, 0.5) is 0 Å². The summed E-state index contributed by atoms with van der Waals surface area (Å²) in [5.74, 6) is -0.728. The average molecular weight is 525 g/mol. The van der Waals surface area contributed by atoms with Crippen LogP contribution in [0.3, 0.4) is 0 Å². The zero-order chi connectivity index (χ0) is 28.0. The van der Waals surface area contributed by atoms with Crippen molar-refractivity contribution >= 4 is 24.4 Å². The smallest absolute Gasteiger partial charge is 0.399 e. The van der Waals surface area contributed by atoms with Crippen molar-refractivity contribution in [1.29, 1.82) is 0 Å². The molecule has 2 aliphatic rings. The van der Waals surface area contributed by atoms with Crippen LogP contribution < -0.4 is 10.8 Å². The predicted molar refractivity (Wildman–Crippen MR) is 144 cm³/mol. The number of aromatic nitrogens is 1. The topological polar surface area (TPSA) is 114 Å². The number of β-amino-alcohol motifs (C(OH)–C–C–N with tert-alkyl or cyclic N) is 1. The quantitative estimate of drug-likeness (QED) is 0.535. The second kappa shape index (κ2) is 10.5. The fraction of sp³-hybridized carbons (Fsp3) is 0.607. The van der Waals surface area contributed by atoms with Crippen molar-refractivity contribution in [3.63, 3.8) is 0 Å². The number of carbonyl (C=O) groups is 2. The Balaban J connectivity index is 1.44. The lowest BCUT2D eigenvalue weighted by Crippen LogP contribution is -2.48. The van der Waals surface area contributed by atoms with Crippen LogP contribution in [0.15, 0.2) is 34.9 Å². The number of rotatable bonds is 7. The lowest BCUT2D eigenvalue weighted by molar-refractivity contribution is -0.141. The van der Waals surface area contributed by atoms with Gasteiger partial charge in [-0.05, 0) is 58.5 Å². The van der Waals surface area contributed by atoms with Crippen LogP contribution in [0.5, 0.6) is 0 Å². The fourth-order valence-corrected chi connectivity index (χ4v) is 5.06. The Morgan fingerprint density at radius 1 is 1.11 bits per heavy atom. The van der Waals surface area contributed by atoms with E-state index in [0.29, 0.717) is 11.5 Å². The van der Waals surface area contributed by atoms with Crippen LogP contribution >= 0.6 is 0 Å². The first-order valence-corrected chi connectivity index (χ1v) is 13.4. The monoisotopic (exact) mass is 525 g/mol. The summed E-state index contributed by atoms with van der Waals surface area (Å²) >= 11 is 0. The third kappa shape index (κ3) is 5.53. The molecule has 2 saturated heterocycles. The number of carbonyl (C=O) groups excluding carboxylic acids is 2. The summed E-state index contributed by atoms with van der Waals surface area (Å²) in [6.07, 6.45) is -0.584. The number of hydrogen-bond acceptors (Lipinski definition) is 7. The first-order chi connectivity index (χ1) is 17.7. The largest absolute Gasteiger partial charge is 0.494 e. The maximum atomic E-state index is 13.6. The average Bonchev–Trinajstić information content (AvgIpc) is 3.49. The number of hydrogen-bond donors (Lipinski definition) is 2. The van der Waals surface area contributed by atoms with Gasteiger partial charge in [0.25, 0.3) is 0 Å². The number of amides is 2. The SMILES string of the molecule is Cc1cc(C(C(=O)N2C[C@H](O)C[C@H]2C(=O)N[C@@H](C)c2ccc(B3OC(C)(C)C(C)(C)O3)cc2)C(C)C)on1. The van der Waals surface area contributed by atoms with Crippen molar-refractivity contribution in [2.75, 3.05) is 6.54 Å². The fourth-order valence-electron chi connectivity index (χ4n) is 5.06. The minimum absolute atomic E-state index is 0.0716. The molecule has 206 valence electrons. The van der Waals surface area contributed by atoms with E-state index in [2.05, 4.69) is 10.5 Å². The molecule has 0 bridgehead atoms. The molecular formula is C28H40BN3O6. The highest BCUT2D eigenvalue weighted by Crippen LogP contribution is 2.36. The van der Waals surface area contributed by atoms with Gasteiger partial charge in [-0.1, -0.05) is 43.3 Å². The second-order valence-electron chi connectivity index (χ2n) is 12.0. The molecule has 2 amide bonds. The molecule has 10 heteroatoms. The van der Waals surface area contributed by atoms with E-state index >= 15 is 0 Å². The van der Waals surface area contributed by atoms with Crippen molar-refractivity contribution in [3.8, 4) is 0 Å². The number of nitrogens with zero attached hydrogens (tertiary/aromatic N) is 2. The summed E-state index contributed by atoms with van der Waals surface area (Å²) in [4.78, 5) is 28.4. The van der Waals surface area contributed by atoms with Gasteiger partial charge in [-0.2, -0.15) is 0 Å². The molecule has 0 spiro atoms. The molecule has 9 nitrogen and oxygen atoms in total. The van der Waals surface area contributed by atoms with Crippen molar-refractivity contribution in [3.05, 3.63) is 47.3 Å². The molecule has 0 saturated carbocycles. The molecule has 4 rings (SSSR count). The first kappa shape index (κ1) is 28.3. The van der Waals surface area contributed by atoms with E-state index in [4.69, 9.17) is 13.8 Å². The summed E-state index contributed by atoms with van der Waals surface area (Å²) in [5.41, 5.74) is 1.66. The summed E-state index contributed by atoms with van der Waals surface area (Å²) in [6, 6.07) is 8.46. The summed E-state index contributed by atoms with van der Waals surface area (Å²) in [7, 11) is -0.458. The molecule has 1 unspecified atom stereocenters. The molecule has 38 heavy (non-hydrogen) atoms. The van der Waals surface area contributed by atoms with Gasteiger partial charge in [0, 0.05) is 19.0 Å². The van der Waals surface area contributed by atoms with Crippen molar-refractivity contribution in [1.82, 2.24) is 15.4 Å². The zero-order valence-corrected chi connectivity index (χ0v) is 23.6. The van der Waals surface area contributed by atoms with Crippen LogP contribution in [-0.2, 0) is 18.9 Å². The van der Waals surface area contributed by atoms with E-state index in [1.165, 1.54) is 4.90 Å². The van der Waals surface area contributed by atoms with Crippen LogP contribution in [0, 0.1) is 12.8 Å². The summed E-state index contributed by atoms with van der Waals surface area (Å²) < 4.78 is 17.7. The van der Waals surface area contributed by atoms with E-state index < -0.39 is 36.4 Å². The molecule has 2 aromatic rings. The number of aryl methyl sites for hydroxylation is 1. The minimum Gasteiger partial charge on any atom is -0.399 e. The van der Waals surface area contributed by atoms with Gasteiger partial charge >= 0.3 is 7.12 Å². The molecule has 2 aliphatic heterocycles. The van der Waals surface area contributed by atoms with Crippen molar-refractivity contribution < 1.29 is 28.5 Å². The summed E-state index contributed by atoms with van der Waals surface area (Å²) in [6.45, 7) is 15.7. The van der Waals surface area contributed by atoms with E-state index in [1.807, 2.05) is 72.7 Å². The highest BCUT2D eigenvalue weighted by atomic mass is 16.7. The van der Waals surface area contributed by atoms with Crippen LogP contribution in [0.25, 0.3) is 0 Å². The van der Waals surface area contributed by atoms with Crippen molar-refractivity contribution in [2.45, 2.75) is 97.1 Å². The van der Waals surface area contributed by atoms with E-state index in [1.54, 1.807) is 13.0 Å². The van der Waals surface area contributed by atoms with Gasteiger partial charge in [0.2, 0.25) is 11.8 Å². The third-order valence-corrected chi connectivity index (χ3v) is 8.07. The Morgan fingerprint density at radius 3 is 2.24 bits per heavy atom. The molecule has 3 heterocycles. The standard InChI is InChI=1S/C28H40BN3O6/c1-16(2)24(23-13-17(3)31-36-23)26(35)32-15-21(33)14-22(32)25(34)30-18(4)19-9-11-20(12-10-19)29-37-27(5,6)28(7,8)38-29/h9-13,16,18,21-22,24,33H,14-15H2,1-8H3,(H,30,34)/t18-,21+,22-,24?/m0/s1. The maximum absolute atomic E-state index is 13.6. The van der Waals surface area contributed by atoms with E-state index in [0.717, 1.165) is 11.0 Å². The van der Waals surface area contributed by atoms with Crippen LogP contribution in [0.1, 0.15) is 83.9 Å². The highest BCUT2D eigenvalue weighted by molar-refractivity contribution is 6.62. The normalized spacial score (nSPS) is 24.1. The Hall–Kier alpha value is -2.69. The Labute approximate surface area is 225 Å². The van der Waals surface area contributed by atoms with Gasteiger partial charge in [-0.15, -0.1) is 0 Å². The highest BCUT2D eigenvalue weighted by Gasteiger charge is 2.51. The third-order valence-electron chi connectivity index (χ3n) is 8.07. The lowest BCUT2D eigenvalue weighted by Gasteiger charge is -2.32. The summed E-state index contributed by atoms with van der Waals surface area (Å²) in [5, 5.41) is 17.3. The van der Waals surface area contributed by atoms with Gasteiger partial charge in [0.05, 0.1) is 29.0 Å². The van der Waals surface area contributed by atoms with Crippen LogP contribution in [-0.4, -0.2) is 64.0 Å². The molecule has 1 aromatic carbocycles. The molecule has 0 aliphatic carbocycles. The van der Waals surface area contributed by atoms with Gasteiger partial charge in [-0.3, -0.25) is 9.59 Å². The van der Waals surface area contributed by atoms with Crippen LogP contribution in [0.2, 0.25) is 0 Å². The Kier molecular flexibility index (Phi) is 7.80.